The van der Waals surface area contributed by atoms with Gasteiger partial charge >= 0.3 is 0 Å². The minimum Gasteiger partial charge on any atom is -0.493 e. The molecule has 0 saturated carbocycles. The van der Waals surface area contributed by atoms with E-state index in [1.807, 2.05) is 43.0 Å². The molecule has 24 heavy (non-hydrogen) atoms. The molecule has 1 aliphatic heterocycles. The third-order valence-corrected chi connectivity index (χ3v) is 4.42. The van der Waals surface area contributed by atoms with Crippen molar-refractivity contribution in [2.45, 2.75) is 65.1 Å². The van der Waals surface area contributed by atoms with Gasteiger partial charge < -0.3 is 14.4 Å². The number of carbonyl (C=O) groups is 1. The third-order valence-electron chi connectivity index (χ3n) is 4.42. The maximum atomic E-state index is 12.5. The fourth-order valence-corrected chi connectivity index (χ4v) is 3.25. The number of rotatable bonds is 5. The normalized spacial score (nSPS) is 21.3. The Bertz CT molecular complexity index is 585. The second kappa shape index (κ2) is 8.22. The Morgan fingerprint density at radius 2 is 1.88 bits per heavy atom. The maximum Gasteiger partial charge on any atom is 0.247 e. The standard InChI is InChI=1S/C20H29NO3/c1-14(2)24-18-11-9-17(13-19(18)23-5)10-12-20(22)21-15(3)7-6-8-16(21)4/h9-16H,6-8H2,1-5H3/b12-10+. The molecule has 1 fully saturated rings. The van der Waals surface area contributed by atoms with Crippen LogP contribution in [-0.2, 0) is 4.79 Å². The zero-order valence-electron chi connectivity index (χ0n) is 15.4. The molecular weight excluding hydrogens is 302 g/mol. The van der Waals surface area contributed by atoms with Crippen LogP contribution < -0.4 is 9.47 Å². The topological polar surface area (TPSA) is 38.8 Å². The lowest BCUT2D eigenvalue weighted by molar-refractivity contribution is -0.131. The van der Waals surface area contributed by atoms with E-state index in [9.17, 15) is 4.79 Å². The summed E-state index contributed by atoms with van der Waals surface area (Å²) in [5, 5.41) is 0. The molecule has 4 nitrogen and oxygen atoms in total. The van der Waals surface area contributed by atoms with Crippen LogP contribution >= 0.6 is 0 Å². The van der Waals surface area contributed by atoms with E-state index < -0.39 is 0 Å². The summed E-state index contributed by atoms with van der Waals surface area (Å²) in [6.07, 6.45) is 6.96. The smallest absolute Gasteiger partial charge is 0.247 e. The van der Waals surface area contributed by atoms with Crippen LogP contribution in [0.25, 0.3) is 6.08 Å². The third kappa shape index (κ3) is 4.53. The monoisotopic (exact) mass is 331 g/mol. The van der Waals surface area contributed by atoms with Crippen molar-refractivity contribution in [3.8, 4) is 11.5 Å². The average Bonchev–Trinajstić information content (AvgIpc) is 2.53. The molecule has 0 spiro atoms. The van der Waals surface area contributed by atoms with E-state index in [0.29, 0.717) is 23.6 Å². The van der Waals surface area contributed by atoms with Gasteiger partial charge in [-0.3, -0.25) is 4.79 Å². The number of carbonyl (C=O) groups excluding carboxylic acids is 1. The molecule has 0 aliphatic carbocycles. The van der Waals surface area contributed by atoms with Gasteiger partial charge in [0.15, 0.2) is 11.5 Å². The molecule has 1 heterocycles. The highest BCUT2D eigenvalue weighted by Gasteiger charge is 2.27. The van der Waals surface area contributed by atoms with E-state index in [0.717, 1.165) is 18.4 Å². The minimum atomic E-state index is 0.0798. The lowest BCUT2D eigenvalue weighted by Gasteiger charge is -2.38. The van der Waals surface area contributed by atoms with Crippen LogP contribution in [0.5, 0.6) is 11.5 Å². The molecule has 2 unspecified atom stereocenters. The van der Waals surface area contributed by atoms with Crippen molar-refractivity contribution >= 4 is 12.0 Å². The van der Waals surface area contributed by atoms with Crippen molar-refractivity contribution in [1.29, 1.82) is 0 Å². The van der Waals surface area contributed by atoms with E-state index in [4.69, 9.17) is 9.47 Å². The highest BCUT2D eigenvalue weighted by atomic mass is 16.5. The van der Waals surface area contributed by atoms with Gasteiger partial charge in [0.25, 0.3) is 0 Å². The molecule has 0 N–H and O–H groups in total. The Hall–Kier alpha value is -1.97. The molecule has 132 valence electrons. The summed E-state index contributed by atoms with van der Waals surface area (Å²) < 4.78 is 11.1. The second-order valence-corrected chi connectivity index (χ2v) is 6.78. The SMILES string of the molecule is COc1cc(/C=C/C(=O)N2C(C)CCCC2C)ccc1OC(C)C. The van der Waals surface area contributed by atoms with Crippen LogP contribution in [0.1, 0.15) is 52.5 Å². The summed E-state index contributed by atoms with van der Waals surface area (Å²) in [6, 6.07) is 6.33. The molecular formula is C20H29NO3. The molecule has 1 saturated heterocycles. The first kappa shape index (κ1) is 18.4. The fraction of sp³-hybridized carbons (Fsp3) is 0.550. The summed E-state index contributed by atoms with van der Waals surface area (Å²) in [5.74, 6) is 1.48. The van der Waals surface area contributed by atoms with E-state index >= 15 is 0 Å². The molecule has 2 rings (SSSR count). The molecule has 1 aromatic carbocycles. The minimum absolute atomic E-state index is 0.0798. The van der Waals surface area contributed by atoms with E-state index in [-0.39, 0.29) is 12.0 Å². The van der Waals surface area contributed by atoms with Gasteiger partial charge in [-0.2, -0.15) is 0 Å². The quantitative estimate of drug-likeness (QED) is 0.756. The number of ether oxygens (including phenoxy) is 2. The molecule has 1 amide bonds. The van der Waals surface area contributed by atoms with Gasteiger partial charge in [0.05, 0.1) is 13.2 Å². The van der Waals surface area contributed by atoms with Crippen molar-refractivity contribution in [3.05, 3.63) is 29.8 Å². The summed E-state index contributed by atoms with van der Waals surface area (Å²) in [6.45, 7) is 8.21. The highest BCUT2D eigenvalue weighted by molar-refractivity contribution is 5.92. The van der Waals surface area contributed by atoms with Gasteiger partial charge in [-0.05, 0) is 70.7 Å². The number of nitrogens with zero attached hydrogens (tertiary/aromatic N) is 1. The molecule has 4 heteroatoms. The molecule has 1 aliphatic rings. The van der Waals surface area contributed by atoms with Crippen molar-refractivity contribution in [1.82, 2.24) is 4.90 Å². The molecule has 0 bridgehead atoms. The second-order valence-electron chi connectivity index (χ2n) is 6.78. The number of likely N-dealkylation sites (tertiary alicyclic amines) is 1. The summed E-state index contributed by atoms with van der Waals surface area (Å²) in [4.78, 5) is 14.5. The van der Waals surface area contributed by atoms with Crippen molar-refractivity contribution < 1.29 is 14.3 Å². The van der Waals surface area contributed by atoms with Crippen LogP contribution in [0.15, 0.2) is 24.3 Å². The van der Waals surface area contributed by atoms with Crippen molar-refractivity contribution in [2.75, 3.05) is 7.11 Å². The lowest BCUT2D eigenvalue weighted by atomic mass is 9.97. The Kier molecular flexibility index (Phi) is 6.29. The molecule has 0 aromatic heterocycles. The summed E-state index contributed by atoms with van der Waals surface area (Å²) >= 11 is 0. The first-order valence-corrected chi connectivity index (χ1v) is 8.77. The highest BCUT2D eigenvalue weighted by Crippen LogP contribution is 2.29. The Balaban J connectivity index is 2.12. The van der Waals surface area contributed by atoms with Crippen molar-refractivity contribution in [2.24, 2.45) is 0 Å². The molecule has 1 aromatic rings. The van der Waals surface area contributed by atoms with E-state index in [1.54, 1.807) is 13.2 Å². The maximum absolute atomic E-state index is 12.5. The van der Waals surface area contributed by atoms with Gasteiger partial charge in [0.2, 0.25) is 5.91 Å². The van der Waals surface area contributed by atoms with Crippen molar-refractivity contribution in [3.63, 3.8) is 0 Å². The fourth-order valence-electron chi connectivity index (χ4n) is 3.25. The number of benzene rings is 1. The first-order valence-electron chi connectivity index (χ1n) is 8.77. The van der Waals surface area contributed by atoms with Gasteiger partial charge in [-0.1, -0.05) is 6.07 Å². The number of amides is 1. The van der Waals surface area contributed by atoms with Crippen LogP contribution in [0.3, 0.4) is 0 Å². The Morgan fingerprint density at radius 1 is 1.21 bits per heavy atom. The number of piperidine rings is 1. The number of hydrogen-bond acceptors (Lipinski definition) is 3. The van der Waals surface area contributed by atoms with Gasteiger partial charge in [-0.15, -0.1) is 0 Å². The van der Waals surface area contributed by atoms with Gasteiger partial charge in [-0.25, -0.2) is 0 Å². The largest absolute Gasteiger partial charge is 0.493 e. The predicted octanol–water partition coefficient (Wildman–Crippen LogP) is 4.29. The number of methoxy groups -OCH3 is 1. The predicted molar refractivity (Wildman–Crippen MR) is 97.4 cm³/mol. The average molecular weight is 331 g/mol. The van der Waals surface area contributed by atoms with Gasteiger partial charge in [0.1, 0.15) is 0 Å². The first-order chi connectivity index (χ1) is 11.4. The zero-order valence-corrected chi connectivity index (χ0v) is 15.4. The van der Waals surface area contributed by atoms with Crippen LogP contribution in [0.4, 0.5) is 0 Å². The Morgan fingerprint density at radius 3 is 2.46 bits per heavy atom. The Labute approximate surface area is 145 Å². The lowest BCUT2D eigenvalue weighted by Crippen LogP contribution is -2.46. The van der Waals surface area contributed by atoms with Crippen LogP contribution in [0, 0.1) is 0 Å². The van der Waals surface area contributed by atoms with Crippen LogP contribution in [0.2, 0.25) is 0 Å². The van der Waals surface area contributed by atoms with E-state index in [2.05, 4.69) is 13.8 Å². The van der Waals surface area contributed by atoms with E-state index in [1.165, 1.54) is 6.42 Å². The van der Waals surface area contributed by atoms with Gasteiger partial charge in [0, 0.05) is 18.2 Å². The zero-order chi connectivity index (χ0) is 17.7. The molecule has 2 atom stereocenters. The van der Waals surface area contributed by atoms with Crippen LogP contribution in [-0.4, -0.2) is 36.1 Å². The summed E-state index contributed by atoms with van der Waals surface area (Å²) in [5.41, 5.74) is 0.925. The molecule has 0 radical (unpaired) electrons. The number of hydrogen-bond donors (Lipinski definition) is 0. The summed E-state index contributed by atoms with van der Waals surface area (Å²) in [7, 11) is 1.62.